The van der Waals surface area contributed by atoms with E-state index in [4.69, 9.17) is 0 Å². The van der Waals surface area contributed by atoms with Crippen LogP contribution in [0.5, 0.6) is 0 Å². The number of pyridine rings is 1. The Bertz CT molecular complexity index is 934. The number of aromatic nitrogens is 3. The molecule has 5 nitrogen and oxygen atoms in total. The summed E-state index contributed by atoms with van der Waals surface area (Å²) in [7, 11) is 0. The topological polar surface area (TPSA) is 62.1 Å². The average Bonchev–Trinajstić information content (AvgIpc) is 3.07. The summed E-state index contributed by atoms with van der Waals surface area (Å²) in [4.78, 5) is 14.6. The summed E-state index contributed by atoms with van der Waals surface area (Å²) >= 11 is 0. The Morgan fingerprint density at radius 3 is 2.64 bits per heavy atom. The molecule has 0 saturated heterocycles. The molecule has 0 radical (unpaired) electrons. The van der Waals surface area contributed by atoms with E-state index in [1.807, 2.05) is 17.0 Å². The normalized spacial score (nSPS) is 13.2. The van der Waals surface area contributed by atoms with Crippen molar-refractivity contribution in [3.05, 3.63) is 65.7 Å². The Balaban J connectivity index is 1.84. The van der Waals surface area contributed by atoms with Crippen molar-refractivity contribution in [2.45, 2.75) is 13.0 Å². The number of rotatable bonds is 3. The van der Waals surface area contributed by atoms with Gasteiger partial charge in [0.2, 0.25) is 0 Å². The van der Waals surface area contributed by atoms with Crippen molar-refractivity contribution in [3.8, 4) is 11.3 Å². The van der Waals surface area contributed by atoms with E-state index in [1.54, 1.807) is 12.4 Å². The Hall–Kier alpha value is -2.93. The first kappa shape index (κ1) is 15.6. The van der Waals surface area contributed by atoms with Gasteiger partial charge < -0.3 is 10.0 Å². The molecule has 0 fully saturated rings. The standard InChI is InChI=1S/C18H14F2N4O/c19-15-2-1-12(16(20)14(15)9-25)17-13-5-8-24(18(13)23-10-22-17)11-3-6-21-7-4-11/h1-4,6-7,10,25H,5,8-9H2. The third kappa shape index (κ3) is 2.53. The maximum atomic E-state index is 14.6. The summed E-state index contributed by atoms with van der Waals surface area (Å²) in [6, 6.07) is 6.24. The lowest BCUT2D eigenvalue weighted by Gasteiger charge is -2.18. The van der Waals surface area contributed by atoms with Crippen LogP contribution in [-0.2, 0) is 13.0 Å². The number of aliphatic hydroxyl groups excluding tert-OH is 1. The number of halogens is 2. The molecule has 2 aromatic heterocycles. The fraction of sp³-hybridized carbons (Fsp3) is 0.167. The maximum absolute atomic E-state index is 14.6. The van der Waals surface area contributed by atoms with E-state index < -0.39 is 18.2 Å². The van der Waals surface area contributed by atoms with E-state index in [-0.39, 0.29) is 11.1 Å². The molecule has 1 aliphatic heterocycles. The zero-order valence-corrected chi connectivity index (χ0v) is 13.2. The second-order valence-electron chi connectivity index (χ2n) is 5.68. The van der Waals surface area contributed by atoms with Gasteiger partial charge in [-0.15, -0.1) is 0 Å². The molecule has 1 aromatic carbocycles. The van der Waals surface area contributed by atoms with Gasteiger partial charge in [0.1, 0.15) is 23.8 Å². The molecule has 3 heterocycles. The minimum absolute atomic E-state index is 0.167. The molecule has 0 aliphatic carbocycles. The van der Waals surface area contributed by atoms with Crippen molar-refractivity contribution in [1.82, 2.24) is 15.0 Å². The highest BCUT2D eigenvalue weighted by molar-refractivity contribution is 5.75. The van der Waals surface area contributed by atoms with Crippen molar-refractivity contribution >= 4 is 11.5 Å². The summed E-state index contributed by atoms with van der Waals surface area (Å²) in [5.74, 6) is -0.857. The fourth-order valence-electron chi connectivity index (χ4n) is 3.13. The van der Waals surface area contributed by atoms with E-state index in [1.165, 1.54) is 12.4 Å². The van der Waals surface area contributed by atoms with E-state index in [9.17, 15) is 13.9 Å². The highest BCUT2D eigenvalue weighted by Gasteiger charge is 2.27. The molecule has 7 heteroatoms. The van der Waals surface area contributed by atoms with Crippen LogP contribution in [0.3, 0.4) is 0 Å². The molecule has 0 atom stereocenters. The van der Waals surface area contributed by atoms with E-state index in [2.05, 4.69) is 15.0 Å². The molecular formula is C18H14F2N4O. The van der Waals surface area contributed by atoms with Crippen molar-refractivity contribution in [2.24, 2.45) is 0 Å². The summed E-state index contributed by atoms with van der Waals surface area (Å²) in [6.45, 7) is -0.0252. The summed E-state index contributed by atoms with van der Waals surface area (Å²) in [6.07, 6.45) is 5.40. The lowest BCUT2D eigenvalue weighted by atomic mass is 10.0. The van der Waals surface area contributed by atoms with E-state index in [0.29, 0.717) is 24.5 Å². The van der Waals surface area contributed by atoms with Gasteiger partial charge >= 0.3 is 0 Å². The molecule has 1 aliphatic rings. The van der Waals surface area contributed by atoms with E-state index >= 15 is 0 Å². The van der Waals surface area contributed by atoms with Crippen molar-refractivity contribution < 1.29 is 13.9 Å². The molecule has 0 spiro atoms. The van der Waals surface area contributed by atoms with Gasteiger partial charge in [0.05, 0.1) is 12.3 Å². The quantitative estimate of drug-likeness (QED) is 0.794. The fourth-order valence-corrected chi connectivity index (χ4v) is 3.13. The molecule has 25 heavy (non-hydrogen) atoms. The first-order chi connectivity index (χ1) is 12.2. The van der Waals surface area contributed by atoms with Gasteiger partial charge in [0, 0.05) is 41.3 Å². The molecule has 0 bridgehead atoms. The number of aliphatic hydroxyl groups is 1. The lowest BCUT2D eigenvalue weighted by molar-refractivity contribution is 0.269. The van der Waals surface area contributed by atoms with Crippen LogP contribution in [0.4, 0.5) is 20.3 Å². The third-order valence-corrected chi connectivity index (χ3v) is 4.34. The SMILES string of the molecule is OCc1c(F)ccc(-c2ncnc3c2CCN3c2ccncc2)c1F. The molecular weight excluding hydrogens is 326 g/mol. The third-order valence-electron chi connectivity index (χ3n) is 4.34. The minimum atomic E-state index is -0.786. The summed E-state index contributed by atoms with van der Waals surface area (Å²) in [5, 5.41) is 9.23. The van der Waals surface area contributed by atoms with Crippen LogP contribution in [0, 0.1) is 11.6 Å². The van der Waals surface area contributed by atoms with Crippen molar-refractivity contribution in [3.63, 3.8) is 0 Å². The predicted molar refractivity (Wildman–Crippen MR) is 88.3 cm³/mol. The van der Waals surface area contributed by atoms with Crippen LogP contribution in [0.1, 0.15) is 11.1 Å². The van der Waals surface area contributed by atoms with Crippen molar-refractivity contribution in [2.75, 3.05) is 11.4 Å². The molecule has 0 amide bonds. The lowest BCUT2D eigenvalue weighted by Crippen LogP contribution is -2.14. The maximum Gasteiger partial charge on any atom is 0.141 e. The second-order valence-corrected chi connectivity index (χ2v) is 5.68. The smallest absolute Gasteiger partial charge is 0.141 e. The number of hydrogen-bond donors (Lipinski definition) is 1. The van der Waals surface area contributed by atoms with Gasteiger partial charge in [-0.1, -0.05) is 0 Å². The zero-order valence-electron chi connectivity index (χ0n) is 13.2. The van der Waals surface area contributed by atoms with Crippen LogP contribution in [0.25, 0.3) is 11.3 Å². The van der Waals surface area contributed by atoms with Gasteiger partial charge in [-0.05, 0) is 30.7 Å². The van der Waals surface area contributed by atoms with Gasteiger partial charge in [-0.2, -0.15) is 0 Å². The van der Waals surface area contributed by atoms with Crippen LogP contribution >= 0.6 is 0 Å². The number of nitrogens with zero attached hydrogens (tertiary/aromatic N) is 4. The highest BCUT2D eigenvalue weighted by atomic mass is 19.1. The molecule has 0 unspecified atom stereocenters. The van der Waals surface area contributed by atoms with Gasteiger partial charge in [0.25, 0.3) is 0 Å². The number of anilines is 2. The Kier molecular flexibility index (Phi) is 3.85. The first-order valence-electron chi connectivity index (χ1n) is 7.80. The summed E-state index contributed by atoms with van der Waals surface area (Å²) < 4.78 is 28.3. The molecule has 3 aromatic rings. The Morgan fingerprint density at radius 1 is 1.08 bits per heavy atom. The van der Waals surface area contributed by atoms with Gasteiger partial charge in [-0.3, -0.25) is 4.98 Å². The van der Waals surface area contributed by atoms with Crippen LogP contribution in [0.2, 0.25) is 0 Å². The molecule has 0 saturated carbocycles. The first-order valence-corrected chi connectivity index (χ1v) is 7.80. The molecule has 126 valence electrons. The second kappa shape index (κ2) is 6.18. The number of benzene rings is 1. The largest absolute Gasteiger partial charge is 0.391 e. The zero-order chi connectivity index (χ0) is 17.4. The molecule has 4 rings (SSSR count). The minimum Gasteiger partial charge on any atom is -0.391 e. The summed E-state index contributed by atoms with van der Waals surface area (Å²) in [5.41, 5.74) is 1.98. The van der Waals surface area contributed by atoms with Gasteiger partial charge in [0.15, 0.2) is 0 Å². The monoisotopic (exact) mass is 340 g/mol. The predicted octanol–water partition coefficient (Wildman–Crippen LogP) is 3.00. The average molecular weight is 340 g/mol. The van der Waals surface area contributed by atoms with Gasteiger partial charge in [-0.25, -0.2) is 18.7 Å². The van der Waals surface area contributed by atoms with Crippen LogP contribution < -0.4 is 4.90 Å². The number of fused-ring (bicyclic) bond motifs is 1. The Labute approximate surface area is 142 Å². The van der Waals surface area contributed by atoms with Crippen molar-refractivity contribution in [1.29, 1.82) is 0 Å². The Morgan fingerprint density at radius 2 is 1.88 bits per heavy atom. The number of hydrogen-bond acceptors (Lipinski definition) is 5. The van der Waals surface area contributed by atoms with Crippen LogP contribution in [0.15, 0.2) is 43.0 Å². The van der Waals surface area contributed by atoms with Crippen LogP contribution in [-0.4, -0.2) is 26.6 Å². The molecule has 1 N–H and O–H groups in total. The highest BCUT2D eigenvalue weighted by Crippen LogP contribution is 2.38. The van der Waals surface area contributed by atoms with E-state index in [0.717, 1.165) is 17.3 Å².